The molecule has 0 heterocycles. The topological polar surface area (TPSA) is 52.6 Å². The Bertz CT molecular complexity index is 853. The molecule has 0 bridgehead atoms. The van der Waals surface area contributed by atoms with Crippen molar-refractivity contribution in [2.24, 2.45) is 29.1 Å². The largest absolute Gasteiger partial charge is 0.465 e. The molecule has 2 aliphatic carbocycles. The molecule has 0 spiro atoms. The minimum atomic E-state index is -1.07. The van der Waals surface area contributed by atoms with Crippen molar-refractivity contribution >= 4 is 11.9 Å². The smallest absolute Gasteiger partial charge is 0.323 e. The quantitative estimate of drug-likeness (QED) is 0.0355. The number of carbonyl (C=O) groups excluding carboxylic acids is 2. The summed E-state index contributed by atoms with van der Waals surface area (Å²) in [5.74, 6) is 1.76. The van der Waals surface area contributed by atoms with Crippen LogP contribution in [0.1, 0.15) is 278 Å². The number of hydrogen-bond acceptors (Lipinski definition) is 4. The number of fused-ring (bicyclic) bond motifs is 1. The average Bonchev–Trinajstić information content (AvgIpc) is 3.19. The van der Waals surface area contributed by atoms with Gasteiger partial charge in [-0.05, 0) is 49.4 Å². The summed E-state index contributed by atoms with van der Waals surface area (Å²) in [6.45, 7) is 10.2. The first-order valence-electron chi connectivity index (χ1n) is 25.7. The van der Waals surface area contributed by atoms with Crippen LogP contribution in [0.3, 0.4) is 0 Å². The van der Waals surface area contributed by atoms with E-state index in [9.17, 15) is 9.59 Å². The third-order valence-electron chi connectivity index (χ3n) is 13.7. The van der Waals surface area contributed by atoms with E-state index in [1.807, 2.05) is 0 Å². The highest BCUT2D eigenvalue weighted by Gasteiger charge is 2.58. The lowest BCUT2D eigenvalue weighted by Crippen LogP contribution is -2.53. The van der Waals surface area contributed by atoms with Crippen molar-refractivity contribution in [2.75, 3.05) is 13.2 Å². The van der Waals surface area contributed by atoms with Crippen molar-refractivity contribution in [1.29, 1.82) is 0 Å². The average molecular weight is 787 g/mol. The van der Waals surface area contributed by atoms with E-state index in [0.29, 0.717) is 25.6 Å². The Morgan fingerprint density at radius 3 is 1.04 bits per heavy atom. The Morgan fingerprint density at radius 2 is 0.696 bits per heavy atom. The van der Waals surface area contributed by atoms with E-state index >= 15 is 0 Å². The van der Waals surface area contributed by atoms with E-state index in [2.05, 4.69) is 27.7 Å². The van der Waals surface area contributed by atoms with Gasteiger partial charge >= 0.3 is 11.9 Å². The Kier molecular flexibility index (Phi) is 31.7. The molecular weight excluding hydrogens is 689 g/mol. The number of rotatable bonds is 38. The minimum Gasteiger partial charge on any atom is -0.465 e. The summed E-state index contributed by atoms with van der Waals surface area (Å²) in [7, 11) is 0. The van der Waals surface area contributed by atoms with Gasteiger partial charge in [0.15, 0.2) is 5.41 Å². The molecule has 2 saturated carbocycles. The highest BCUT2D eigenvalue weighted by atomic mass is 16.6. The van der Waals surface area contributed by atoms with Crippen LogP contribution in [0, 0.1) is 29.1 Å². The fourth-order valence-corrected chi connectivity index (χ4v) is 10.1. The van der Waals surface area contributed by atoms with Crippen molar-refractivity contribution < 1.29 is 19.1 Å². The van der Waals surface area contributed by atoms with Crippen LogP contribution in [0.5, 0.6) is 0 Å². The highest BCUT2D eigenvalue weighted by Crippen LogP contribution is 2.52. The van der Waals surface area contributed by atoms with Gasteiger partial charge in [0.05, 0.1) is 13.2 Å². The first-order valence-corrected chi connectivity index (χ1v) is 25.7. The van der Waals surface area contributed by atoms with Gasteiger partial charge in [0, 0.05) is 0 Å². The maximum absolute atomic E-state index is 13.9. The summed E-state index contributed by atoms with van der Waals surface area (Å²) in [6, 6.07) is 0. The number of ether oxygens (including phenoxy) is 2. The summed E-state index contributed by atoms with van der Waals surface area (Å²) in [4.78, 5) is 27.8. The molecule has 330 valence electrons. The Hall–Kier alpha value is -1.06. The fourth-order valence-electron chi connectivity index (χ4n) is 10.1. The molecule has 2 rings (SSSR count). The third kappa shape index (κ3) is 24.1. The van der Waals surface area contributed by atoms with Crippen LogP contribution in [0.25, 0.3) is 0 Å². The molecule has 0 N–H and O–H groups in total. The highest BCUT2D eigenvalue weighted by molar-refractivity contribution is 6.00. The number of unbranched alkanes of at least 4 members (excludes halogenated alkanes) is 28. The summed E-state index contributed by atoms with van der Waals surface area (Å²) in [6.07, 6.45) is 49.8. The van der Waals surface area contributed by atoms with Crippen molar-refractivity contribution in [2.45, 2.75) is 278 Å². The summed E-state index contributed by atoms with van der Waals surface area (Å²) in [5, 5.41) is 0. The van der Waals surface area contributed by atoms with Crippen LogP contribution in [-0.2, 0) is 19.1 Å². The predicted molar refractivity (Wildman–Crippen MR) is 241 cm³/mol. The summed E-state index contributed by atoms with van der Waals surface area (Å²) < 4.78 is 12.0. The van der Waals surface area contributed by atoms with E-state index in [1.54, 1.807) is 0 Å². The molecular formula is C52H98O4. The van der Waals surface area contributed by atoms with Crippen LogP contribution in [-0.4, -0.2) is 25.2 Å². The summed E-state index contributed by atoms with van der Waals surface area (Å²) >= 11 is 0. The molecule has 0 aliphatic heterocycles. The summed E-state index contributed by atoms with van der Waals surface area (Å²) in [5.41, 5.74) is -1.07. The third-order valence-corrected chi connectivity index (χ3v) is 13.7. The lowest BCUT2D eigenvalue weighted by Gasteiger charge is -2.46. The van der Waals surface area contributed by atoms with Crippen molar-refractivity contribution in [3.63, 3.8) is 0 Å². The van der Waals surface area contributed by atoms with Crippen LogP contribution in [0.4, 0.5) is 0 Å². The first-order chi connectivity index (χ1) is 27.4. The number of hydrogen-bond donors (Lipinski definition) is 0. The molecule has 0 aromatic carbocycles. The molecule has 4 nitrogen and oxygen atoms in total. The van der Waals surface area contributed by atoms with Gasteiger partial charge in [-0.1, -0.05) is 252 Å². The van der Waals surface area contributed by atoms with Crippen LogP contribution >= 0.6 is 0 Å². The van der Waals surface area contributed by atoms with Gasteiger partial charge in [-0.3, -0.25) is 9.59 Å². The van der Waals surface area contributed by atoms with Crippen LogP contribution in [0.15, 0.2) is 0 Å². The Labute approximate surface area is 350 Å². The van der Waals surface area contributed by atoms with Gasteiger partial charge < -0.3 is 9.47 Å². The lowest BCUT2D eigenvalue weighted by atomic mass is 9.57. The zero-order valence-electron chi connectivity index (χ0n) is 38.4. The van der Waals surface area contributed by atoms with Gasteiger partial charge in [-0.15, -0.1) is 0 Å². The van der Waals surface area contributed by atoms with Gasteiger partial charge in [-0.25, -0.2) is 0 Å². The van der Waals surface area contributed by atoms with Gasteiger partial charge in [0.2, 0.25) is 0 Å². The Morgan fingerprint density at radius 1 is 0.411 bits per heavy atom. The van der Waals surface area contributed by atoms with Crippen LogP contribution < -0.4 is 0 Å². The van der Waals surface area contributed by atoms with Gasteiger partial charge in [-0.2, -0.15) is 0 Å². The molecule has 2 fully saturated rings. The van der Waals surface area contributed by atoms with Crippen molar-refractivity contribution in [1.82, 2.24) is 0 Å². The molecule has 4 heteroatoms. The molecule has 0 aromatic heterocycles. The zero-order valence-corrected chi connectivity index (χ0v) is 38.4. The molecule has 0 amide bonds. The van der Waals surface area contributed by atoms with E-state index in [0.717, 1.165) is 69.6 Å². The van der Waals surface area contributed by atoms with E-state index < -0.39 is 5.41 Å². The molecule has 2 unspecified atom stereocenters. The SMILES string of the molecule is CC(C)CCCCCCCCCCCCCCCCCOC(=O)C1(C(=O)OCCCCCCCCCCCCCCCCCC(C)C)CCCC2CCCCC21. The van der Waals surface area contributed by atoms with Crippen molar-refractivity contribution in [3.05, 3.63) is 0 Å². The van der Waals surface area contributed by atoms with Crippen LogP contribution in [0.2, 0.25) is 0 Å². The molecule has 2 aliphatic rings. The maximum Gasteiger partial charge on any atom is 0.323 e. The maximum atomic E-state index is 13.9. The van der Waals surface area contributed by atoms with Gasteiger partial charge in [0.25, 0.3) is 0 Å². The fraction of sp³-hybridized carbons (Fsp3) is 0.962. The standard InChI is InChI=1S/C52H98O4/c1-46(2)38-31-27-23-19-15-11-7-5-9-13-17-21-25-29-35-44-55-50(53)52(43-37-41-48-40-33-34-42-49(48)52)51(54)56-45-36-30-26-22-18-14-10-6-8-12-16-20-24-28-32-39-47(3)4/h46-49H,5-45H2,1-4H3. The lowest BCUT2D eigenvalue weighted by molar-refractivity contribution is -0.184. The second-order valence-electron chi connectivity index (χ2n) is 19.8. The number of esters is 2. The molecule has 0 saturated heterocycles. The second-order valence-corrected chi connectivity index (χ2v) is 19.8. The molecule has 56 heavy (non-hydrogen) atoms. The number of carbonyl (C=O) groups is 2. The predicted octanol–water partition coefficient (Wildman–Crippen LogP) is 16.8. The van der Waals surface area contributed by atoms with E-state index in [-0.39, 0.29) is 17.9 Å². The molecule has 0 radical (unpaired) electrons. The molecule has 0 aromatic rings. The molecule has 2 atom stereocenters. The van der Waals surface area contributed by atoms with E-state index in [1.165, 1.54) is 186 Å². The first kappa shape index (κ1) is 51.1. The second kappa shape index (κ2) is 34.8. The van der Waals surface area contributed by atoms with Crippen molar-refractivity contribution in [3.8, 4) is 0 Å². The Balaban J connectivity index is 1.51. The zero-order chi connectivity index (χ0) is 40.4. The van der Waals surface area contributed by atoms with E-state index in [4.69, 9.17) is 9.47 Å². The monoisotopic (exact) mass is 787 g/mol. The minimum absolute atomic E-state index is 0.101. The normalized spacial score (nSPS) is 18.0. The van der Waals surface area contributed by atoms with Gasteiger partial charge in [0.1, 0.15) is 0 Å².